The second-order valence-electron chi connectivity index (χ2n) is 15.2. The number of β-amino-alcohol motifs (C(OH)–C–C–N with tert-alkyl or cyclic N) is 1. The standard InChI is InChI=1S/C42H44F2N8O5/c1-24-28(7-5-9-32(24)47-39-37-33(48-40(49-39)38(43)44)15-25(18-45-37)20-50-13-11-27(53)21-50)29-8-6-10-34-30(29)19-46-52(34)26-16-35(56-3)31(36(17-26)57-4)22-51-14-12-42(2,23-51)41(54)55/h5-10,15-19,27,38,53H,11-14,20-23H2,1-4H3,(H,54,55)(H,47,48,49)/t27-,42-/m1/s1. The van der Waals surface area contributed by atoms with Gasteiger partial charge in [-0.15, -0.1) is 0 Å². The number of aliphatic hydroxyl groups excluding tert-OH is 1. The summed E-state index contributed by atoms with van der Waals surface area (Å²) in [4.78, 5) is 29.1. The van der Waals surface area contributed by atoms with Crippen molar-refractivity contribution in [3.8, 4) is 28.3 Å². The van der Waals surface area contributed by atoms with Gasteiger partial charge in [0.15, 0.2) is 11.6 Å². The monoisotopic (exact) mass is 778 g/mol. The molecule has 0 saturated carbocycles. The van der Waals surface area contributed by atoms with E-state index in [2.05, 4.69) is 30.1 Å². The van der Waals surface area contributed by atoms with E-state index in [1.165, 1.54) is 0 Å². The van der Waals surface area contributed by atoms with E-state index in [1.54, 1.807) is 33.4 Å². The van der Waals surface area contributed by atoms with E-state index in [9.17, 15) is 23.8 Å². The highest BCUT2D eigenvalue weighted by Crippen LogP contribution is 2.40. The summed E-state index contributed by atoms with van der Waals surface area (Å²) >= 11 is 0. The number of hydrogen-bond acceptors (Lipinski definition) is 11. The quantitative estimate of drug-likeness (QED) is 0.119. The highest BCUT2D eigenvalue weighted by atomic mass is 19.3. The van der Waals surface area contributed by atoms with Gasteiger partial charge in [-0.2, -0.15) is 5.10 Å². The van der Waals surface area contributed by atoms with Crippen molar-refractivity contribution in [2.24, 2.45) is 5.41 Å². The van der Waals surface area contributed by atoms with Crippen molar-refractivity contribution >= 4 is 39.4 Å². The van der Waals surface area contributed by atoms with Crippen molar-refractivity contribution in [3.63, 3.8) is 0 Å². The number of nitrogens with zero attached hydrogens (tertiary/aromatic N) is 7. The number of nitrogens with one attached hydrogen (secondary N) is 1. The normalized spacial score (nSPS) is 18.9. The van der Waals surface area contributed by atoms with Gasteiger partial charge >= 0.3 is 5.97 Å². The summed E-state index contributed by atoms with van der Waals surface area (Å²) in [6.45, 7) is 7.11. The van der Waals surface area contributed by atoms with Gasteiger partial charge in [0.2, 0.25) is 0 Å². The number of carboxylic acids is 1. The van der Waals surface area contributed by atoms with Gasteiger partial charge in [-0.05, 0) is 73.7 Å². The molecule has 0 unspecified atom stereocenters. The van der Waals surface area contributed by atoms with E-state index in [1.807, 2.05) is 66.3 Å². The number of aromatic nitrogens is 5. The molecule has 57 heavy (non-hydrogen) atoms. The lowest BCUT2D eigenvalue weighted by atomic mass is 9.90. The van der Waals surface area contributed by atoms with Gasteiger partial charge in [-0.1, -0.05) is 24.3 Å². The fourth-order valence-electron chi connectivity index (χ4n) is 8.08. The number of rotatable bonds is 12. The molecule has 15 heteroatoms. The SMILES string of the molecule is COc1cc(-n2ncc3c(-c4cccc(Nc5nc(C(F)F)nc6cc(CN7CC[C@@H](O)C7)cnc56)c4C)cccc32)cc(OC)c1CN1CC[C@@](C)(C(=O)O)C1. The van der Waals surface area contributed by atoms with Crippen molar-refractivity contribution in [2.75, 3.05) is 45.7 Å². The Kier molecular flexibility index (Phi) is 10.2. The molecule has 0 spiro atoms. The average molecular weight is 779 g/mol. The second-order valence-corrected chi connectivity index (χ2v) is 15.2. The third kappa shape index (κ3) is 7.33. The Balaban J connectivity index is 1.11. The fraction of sp³-hybridized carbons (Fsp3) is 0.357. The van der Waals surface area contributed by atoms with E-state index >= 15 is 0 Å². The van der Waals surface area contributed by atoms with E-state index in [0.717, 1.165) is 51.0 Å². The zero-order valence-electron chi connectivity index (χ0n) is 32.2. The molecule has 3 N–H and O–H groups in total. The molecule has 2 saturated heterocycles. The van der Waals surface area contributed by atoms with Crippen LogP contribution in [-0.4, -0.2) is 97.2 Å². The Morgan fingerprint density at radius 3 is 2.44 bits per heavy atom. The average Bonchev–Trinajstić information content (AvgIpc) is 3.93. The highest BCUT2D eigenvalue weighted by Gasteiger charge is 2.40. The summed E-state index contributed by atoms with van der Waals surface area (Å²) in [5.41, 5.74) is 6.43. The lowest BCUT2D eigenvalue weighted by molar-refractivity contribution is -0.147. The van der Waals surface area contributed by atoms with E-state index < -0.39 is 23.6 Å². The molecule has 0 bridgehead atoms. The van der Waals surface area contributed by atoms with Crippen LogP contribution in [-0.2, 0) is 17.9 Å². The van der Waals surface area contributed by atoms with Gasteiger partial charge in [0, 0.05) is 62.1 Å². The number of likely N-dealkylation sites (tertiary alicyclic amines) is 2. The molecule has 13 nitrogen and oxygen atoms in total. The summed E-state index contributed by atoms with van der Waals surface area (Å²) < 4.78 is 41.8. The third-order valence-electron chi connectivity index (χ3n) is 11.2. The topological polar surface area (TPSA) is 151 Å². The van der Waals surface area contributed by atoms with Crippen LogP contribution in [0.4, 0.5) is 20.3 Å². The molecule has 2 aliphatic heterocycles. The number of pyridine rings is 1. The van der Waals surface area contributed by atoms with E-state index in [4.69, 9.17) is 14.6 Å². The number of aliphatic carboxylic acids is 1. The minimum atomic E-state index is -2.88. The van der Waals surface area contributed by atoms with Gasteiger partial charge in [-0.3, -0.25) is 19.6 Å². The van der Waals surface area contributed by atoms with Crippen molar-refractivity contribution in [1.29, 1.82) is 0 Å². The summed E-state index contributed by atoms with van der Waals surface area (Å²) in [6, 6.07) is 17.3. The van der Waals surface area contributed by atoms with Crippen LogP contribution in [0.5, 0.6) is 11.5 Å². The molecule has 296 valence electrons. The van der Waals surface area contributed by atoms with Crippen LogP contribution in [0.1, 0.15) is 48.7 Å². The Hall–Kier alpha value is -5.77. The number of fused-ring (bicyclic) bond motifs is 2. The molecule has 0 radical (unpaired) electrons. The smallest absolute Gasteiger partial charge is 0.310 e. The van der Waals surface area contributed by atoms with Crippen LogP contribution in [0.25, 0.3) is 38.8 Å². The predicted molar refractivity (Wildman–Crippen MR) is 211 cm³/mol. The van der Waals surface area contributed by atoms with Gasteiger partial charge in [-0.25, -0.2) is 23.4 Å². The summed E-state index contributed by atoms with van der Waals surface area (Å²) in [5.74, 6) is -0.00569. The number of hydrogen-bond donors (Lipinski definition) is 3. The number of ether oxygens (including phenoxy) is 2. The summed E-state index contributed by atoms with van der Waals surface area (Å²) in [6.07, 6.45) is 1.51. The zero-order chi connectivity index (χ0) is 40.0. The van der Waals surface area contributed by atoms with Gasteiger partial charge < -0.3 is 25.0 Å². The number of carboxylic acid groups (broad SMARTS) is 1. The number of halogens is 2. The lowest BCUT2D eigenvalue weighted by Gasteiger charge is -2.22. The molecular weight excluding hydrogens is 735 g/mol. The van der Waals surface area contributed by atoms with Gasteiger partial charge in [0.05, 0.1) is 54.2 Å². The molecule has 3 aromatic heterocycles. The number of alkyl halides is 2. The lowest BCUT2D eigenvalue weighted by Crippen LogP contribution is -2.31. The maximum atomic E-state index is 14.1. The maximum Gasteiger partial charge on any atom is 0.310 e. The van der Waals surface area contributed by atoms with Crippen LogP contribution in [0.3, 0.4) is 0 Å². The van der Waals surface area contributed by atoms with Crippen LogP contribution < -0.4 is 14.8 Å². The molecule has 2 fully saturated rings. The Labute approximate surface area is 327 Å². The first-order valence-corrected chi connectivity index (χ1v) is 18.8. The highest BCUT2D eigenvalue weighted by molar-refractivity contribution is 5.97. The molecule has 8 rings (SSSR count). The van der Waals surface area contributed by atoms with Crippen molar-refractivity contribution in [2.45, 2.75) is 52.3 Å². The predicted octanol–water partition coefficient (Wildman–Crippen LogP) is 6.90. The first-order valence-electron chi connectivity index (χ1n) is 18.8. The number of methoxy groups -OCH3 is 2. The Morgan fingerprint density at radius 2 is 1.75 bits per heavy atom. The third-order valence-corrected chi connectivity index (χ3v) is 11.2. The number of anilines is 2. The van der Waals surface area contributed by atoms with Gasteiger partial charge in [0.1, 0.15) is 17.0 Å². The minimum absolute atomic E-state index is 0.177. The first-order chi connectivity index (χ1) is 27.4. The Bertz CT molecular complexity index is 2470. The van der Waals surface area contributed by atoms with E-state index in [-0.39, 0.29) is 11.9 Å². The zero-order valence-corrected chi connectivity index (χ0v) is 32.2. The maximum absolute atomic E-state index is 14.1. The molecule has 3 aromatic carbocycles. The molecule has 0 aliphatic carbocycles. The van der Waals surface area contributed by atoms with E-state index in [0.29, 0.717) is 73.8 Å². The van der Waals surface area contributed by atoms with Crippen molar-refractivity contribution in [3.05, 3.63) is 89.5 Å². The summed E-state index contributed by atoms with van der Waals surface area (Å²) in [5, 5.41) is 28.7. The molecule has 0 amide bonds. The van der Waals surface area contributed by atoms with Crippen molar-refractivity contribution in [1.82, 2.24) is 34.5 Å². The van der Waals surface area contributed by atoms with Gasteiger partial charge in [0.25, 0.3) is 6.43 Å². The number of aliphatic hydroxyl groups is 1. The molecule has 5 heterocycles. The molecule has 6 aromatic rings. The Morgan fingerprint density at radius 1 is 1.00 bits per heavy atom. The number of carbonyl (C=O) groups is 1. The van der Waals surface area contributed by atoms with Crippen LogP contribution in [0.2, 0.25) is 0 Å². The fourth-order valence-corrected chi connectivity index (χ4v) is 8.08. The number of benzene rings is 3. The molecule has 2 aliphatic rings. The first kappa shape index (κ1) is 38.1. The van der Waals surface area contributed by atoms with Crippen LogP contribution >= 0.6 is 0 Å². The molecular formula is C42H44F2N8O5. The van der Waals surface area contributed by atoms with Crippen molar-refractivity contribution < 1.29 is 33.3 Å². The van der Waals surface area contributed by atoms with Crippen LogP contribution in [0, 0.1) is 12.3 Å². The van der Waals surface area contributed by atoms with Crippen LogP contribution in [0.15, 0.2) is 67.0 Å². The minimum Gasteiger partial charge on any atom is -0.496 e. The largest absolute Gasteiger partial charge is 0.496 e. The summed E-state index contributed by atoms with van der Waals surface area (Å²) in [7, 11) is 3.20. The molecule has 2 atom stereocenters. The second kappa shape index (κ2) is 15.3.